The number of ketones is 1. The molecule has 1 fully saturated rings. The minimum Gasteiger partial charge on any atom is -0.507 e. The lowest BCUT2D eigenvalue weighted by atomic mass is 9.94. The van der Waals surface area contributed by atoms with Crippen molar-refractivity contribution in [2.75, 3.05) is 4.90 Å². The highest BCUT2D eigenvalue weighted by Gasteiger charge is 2.47. The Morgan fingerprint density at radius 3 is 2.39 bits per heavy atom. The molecule has 0 radical (unpaired) electrons. The van der Waals surface area contributed by atoms with Gasteiger partial charge in [0.15, 0.2) is 0 Å². The van der Waals surface area contributed by atoms with E-state index in [0.29, 0.717) is 11.3 Å². The van der Waals surface area contributed by atoms with E-state index in [1.165, 1.54) is 4.90 Å². The van der Waals surface area contributed by atoms with Crippen molar-refractivity contribution in [3.63, 3.8) is 0 Å². The van der Waals surface area contributed by atoms with Crippen molar-refractivity contribution in [3.05, 3.63) is 106 Å². The number of hydrogen-bond acceptors (Lipinski definition) is 3. The fraction of sp³-hybridized carbons (Fsp3) is 0.111. The summed E-state index contributed by atoms with van der Waals surface area (Å²) in [4.78, 5) is 28.2. The number of aliphatic hydroxyl groups is 1. The Kier molecular flexibility index (Phi) is 5.17. The number of aliphatic hydroxyl groups excluding tert-OH is 1. The van der Waals surface area contributed by atoms with E-state index in [4.69, 9.17) is 0 Å². The molecule has 1 aliphatic rings. The molecule has 1 amide bonds. The monoisotopic (exact) mass is 500 g/mol. The van der Waals surface area contributed by atoms with Gasteiger partial charge >= 0.3 is 0 Å². The molecular formula is C27H21BrN2O3. The van der Waals surface area contributed by atoms with Gasteiger partial charge in [-0.15, -0.1) is 0 Å². The second-order valence-electron chi connectivity index (χ2n) is 8.18. The zero-order valence-electron chi connectivity index (χ0n) is 18.1. The number of aromatic nitrogens is 1. The van der Waals surface area contributed by atoms with E-state index in [1.54, 1.807) is 24.3 Å². The number of anilines is 1. The predicted molar refractivity (Wildman–Crippen MR) is 133 cm³/mol. The first kappa shape index (κ1) is 21.2. The summed E-state index contributed by atoms with van der Waals surface area (Å²) in [6, 6.07) is 21.6. The Balaban J connectivity index is 1.81. The molecule has 6 heteroatoms. The van der Waals surface area contributed by atoms with E-state index >= 15 is 0 Å². The number of carbonyl (C=O) groups excluding carboxylic acids is 2. The van der Waals surface area contributed by atoms with Crippen molar-refractivity contribution in [2.45, 2.75) is 13.0 Å². The minimum atomic E-state index is -0.762. The van der Waals surface area contributed by atoms with Crippen molar-refractivity contribution < 1.29 is 14.7 Å². The molecular weight excluding hydrogens is 480 g/mol. The van der Waals surface area contributed by atoms with Crippen LogP contribution in [-0.4, -0.2) is 21.4 Å². The molecule has 0 bridgehead atoms. The summed E-state index contributed by atoms with van der Waals surface area (Å²) >= 11 is 3.47. The first-order chi connectivity index (χ1) is 15.9. The molecule has 33 heavy (non-hydrogen) atoms. The summed E-state index contributed by atoms with van der Waals surface area (Å²) < 4.78 is 2.87. The topological polar surface area (TPSA) is 62.5 Å². The van der Waals surface area contributed by atoms with Gasteiger partial charge in [0, 0.05) is 45.4 Å². The molecule has 1 saturated heterocycles. The van der Waals surface area contributed by atoms with Gasteiger partial charge in [-0.05, 0) is 42.8 Å². The van der Waals surface area contributed by atoms with Crippen LogP contribution in [0.2, 0.25) is 0 Å². The summed E-state index contributed by atoms with van der Waals surface area (Å²) in [6.07, 6.45) is 1.93. The number of nitrogens with zero attached hydrogens (tertiary/aromatic N) is 2. The standard InChI is InChI=1S/C27H21BrN2O3/c1-16-14-17(12-13-21(16)28)25(31)23-24(20-15-29(2)22-11-7-6-10-19(20)22)30(27(33)26(23)32)18-8-4-3-5-9-18/h3-15,24,31H,1-2H3/b25-23+. The van der Waals surface area contributed by atoms with E-state index < -0.39 is 17.7 Å². The van der Waals surface area contributed by atoms with Gasteiger partial charge in [0.1, 0.15) is 5.76 Å². The highest BCUT2D eigenvalue weighted by molar-refractivity contribution is 9.10. The lowest BCUT2D eigenvalue weighted by Gasteiger charge is -2.25. The van der Waals surface area contributed by atoms with Crippen LogP contribution in [0.15, 0.2) is 89.0 Å². The number of benzene rings is 3. The van der Waals surface area contributed by atoms with Crippen molar-refractivity contribution in [2.24, 2.45) is 7.05 Å². The Bertz CT molecular complexity index is 1450. The van der Waals surface area contributed by atoms with Gasteiger partial charge in [-0.25, -0.2) is 0 Å². The number of para-hydroxylation sites is 2. The van der Waals surface area contributed by atoms with Gasteiger partial charge in [-0.1, -0.05) is 58.4 Å². The van der Waals surface area contributed by atoms with Crippen molar-refractivity contribution in [3.8, 4) is 0 Å². The van der Waals surface area contributed by atoms with Gasteiger partial charge in [-0.2, -0.15) is 0 Å². The van der Waals surface area contributed by atoms with Crippen LogP contribution in [0.5, 0.6) is 0 Å². The molecule has 4 aromatic rings. The minimum absolute atomic E-state index is 0.0851. The molecule has 1 atom stereocenters. The number of carbonyl (C=O) groups is 2. The van der Waals surface area contributed by atoms with Crippen molar-refractivity contribution in [1.82, 2.24) is 4.57 Å². The predicted octanol–water partition coefficient (Wildman–Crippen LogP) is 5.88. The van der Waals surface area contributed by atoms with E-state index in [0.717, 1.165) is 26.5 Å². The molecule has 1 unspecified atom stereocenters. The average Bonchev–Trinajstić information content (AvgIpc) is 3.29. The highest BCUT2D eigenvalue weighted by atomic mass is 79.9. The largest absolute Gasteiger partial charge is 0.507 e. The quantitative estimate of drug-likeness (QED) is 0.217. The summed E-state index contributed by atoms with van der Waals surface area (Å²) in [5.41, 5.74) is 3.85. The lowest BCUT2D eigenvalue weighted by molar-refractivity contribution is -0.132. The number of rotatable bonds is 3. The van der Waals surface area contributed by atoms with Crippen molar-refractivity contribution in [1.29, 1.82) is 0 Å². The third kappa shape index (κ3) is 3.38. The number of Topliss-reactive ketones (excluding diaryl/α,β-unsaturated/α-hetero) is 1. The van der Waals surface area contributed by atoms with Gasteiger partial charge < -0.3 is 9.67 Å². The SMILES string of the molecule is Cc1cc(/C(O)=C2\C(=O)C(=O)N(c3ccccc3)C2c2cn(C)c3ccccc23)ccc1Br. The normalized spacial score (nSPS) is 17.8. The molecule has 1 aromatic heterocycles. The highest BCUT2D eigenvalue weighted by Crippen LogP contribution is 2.44. The fourth-order valence-electron chi connectivity index (χ4n) is 4.52. The summed E-state index contributed by atoms with van der Waals surface area (Å²) in [5, 5.41) is 12.3. The maximum Gasteiger partial charge on any atom is 0.300 e. The third-order valence-electron chi connectivity index (χ3n) is 6.13. The molecule has 1 aliphatic heterocycles. The van der Waals surface area contributed by atoms with Crippen LogP contribution < -0.4 is 4.90 Å². The van der Waals surface area contributed by atoms with Crippen LogP contribution in [0.3, 0.4) is 0 Å². The van der Waals surface area contributed by atoms with Crippen LogP contribution >= 0.6 is 15.9 Å². The molecule has 5 nitrogen and oxygen atoms in total. The number of halogens is 1. The van der Waals surface area contributed by atoms with Crippen LogP contribution in [0.4, 0.5) is 5.69 Å². The van der Waals surface area contributed by atoms with E-state index in [-0.39, 0.29) is 11.3 Å². The smallest absolute Gasteiger partial charge is 0.300 e. The molecule has 0 spiro atoms. The molecule has 0 saturated carbocycles. The third-order valence-corrected chi connectivity index (χ3v) is 7.02. The summed E-state index contributed by atoms with van der Waals surface area (Å²) in [7, 11) is 1.93. The van der Waals surface area contributed by atoms with Gasteiger partial charge in [0.2, 0.25) is 0 Å². The van der Waals surface area contributed by atoms with Crippen LogP contribution in [0, 0.1) is 6.92 Å². The Morgan fingerprint density at radius 2 is 1.67 bits per heavy atom. The van der Waals surface area contributed by atoms with E-state index in [2.05, 4.69) is 15.9 Å². The number of amides is 1. The van der Waals surface area contributed by atoms with Crippen LogP contribution in [0.25, 0.3) is 16.7 Å². The second kappa shape index (κ2) is 8.05. The summed E-state index contributed by atoms with van der Waals surface area (Å²) in [5.74, 6) is -1.54. The second-order valence-corrected chi connectivity index (χ2v) is 9.04. The van der Waals surface area contributed by atoms with E-state index in [9.17, 15) is 14.7 Å². The first-order valence-corrected chi connectivity index (χ1v) is 11.3. The number of hydrogen-bond donors (Lipinski definition) is 1. The molecule has 1 N–H and O–H groups in total. The molecule has 5 rings (SSSR count). The molecule has 3 aromatic carbocycles. The van der Waals surface area contributed by atoms with Gasteiger partial charge in [0.25, 0.3) is 11.7 Å². The number of aryl methyl sites for hydroxylation is 2. The Morgan fingerprint density at radius 1 is 0.970 bits per heavy atom. The maximum atomic E-state index is 13.4. The van der Waals surface area contributed by atoms with E-state index in [1.807, 2.05) is 73.3 Å². The Hall–Kier alpha value is -3.64. The summed E-state index contributed by atoms with van der Waals surface area (Å²) in [6.45, 7) is 1.91. The van der Waals surface area contributed by atoms with Crippen molar-refractivity contribution >= 4 is 50.0 Å². The zero-order chi connectivity index (χ0) is 23.3. The average molecular weight is 501 g/mol. The fourth-order valence-corrected chi connectivity index (χ4v) is 4.77. The maximum absolute atomic E-state index is 13.4. The van der Waals surface area contributed by atoms with Crippen LogP contribution in [-0.2, 0) is 16.6 Å². The van der Waals surface area contributed by atoms with Gasteiger partial charge in [0.05, 0.1) is 11.6 Å². The molecule has 0 aliphatic carbocycles. The zero-order valence-corrected chi connectivity index (χ0v) is 19.7. The van der Waals surface area contributed by atoms with Crippen LogP contribution in [0.1, 0.15) is 22.7 Å². The first-order valence-electron chi connectivity index (χ1n) is 10.5. The molecule has 164 valence electrons. The molecule has 2 heterocycles. The number of fused-ring (bicyclic) bond motifs is 1. The lowest BCUT2D eigenvalue weighted by Crippen LogP contribution is -2.29. The Labute approximate surface area is 199 Å². The van der Waals surface area contributed by atoms with Gasteiger partial charge in [-0.3, -0.25) is 14.5 Å².